The normalized spacial score (nSPS) is 13.7. The van der Waals surface area contributed by atoms with Gasteiger partial charge in [0.15, 0.2) is 0 Å². The lowest BCUT2D eigenvalue weighted by Gasteiger charge is -2.17. The van der Waals surface area contributed by atoms with E-state index in [0.717, 1.165) is 10.4 Å². The first kappa shape index (κ1) is 15.5. The SMILES string of the molecule is CCC(NC(=O)NC(C)c1cc(C)sc1C)C(=O)O. The van der Waals surface area contributed by atoms with Gasteiger partial charge in [0.05, 0.1) is 6.04 Å². The van der Waals surface area contributed by atoms with E-state index in [1.54, 1.807) is 18.3 Å². The van der Waals surface area contributed by atoms with Crippen LogP contribution < -0.4 is 10.6 Å². The molecule has 2 unspecified atom stereocenters. The highest BCUT2D eigenvalue weighted by Gasteiger charge is 2.19. The second-order valence-corrected chi connectivity index (χ2v) is 5.97. The number of carbonyl (C=O) groups is 2. The van der Waals surface area contributed by atoms with Gasteiger partial charge in [-0.2, -0.15) is 0 Å². The number of aryl methyl sites for hydroxylation is 2. The van der Waals surface area contributed by atoms with Crippen LogP contribution in [-0.2, 0) is 4.79 Å². The highest BCUT2D eigenvalue weighted by atomic mass is 32.1. The van der Waals surface area contributed by atoms with Gasteiger partial charge in [0.25, 0.3) is 0 Å². The maximum Gasteiger partial charge on any atom is 0.326 e. The zero-order chi connectivity index (χ0) is 14.6. The highest BCUT2D eigenvalue weighted by Crippen LogP contribution is 2.25. The Hall–Kier alpha value is -1.56. The third kappa shape index (κ3) is 4.24. The predicted octanol–water partition coefficient (Wildman–Crippen LogP) is 2.59. The second-order valence-electron chi connectivity index (χ2n) is 4.51. The first-order chi connectivity index (χ1) is 8.85. The molecule has 0 aliphatic rings. The van der Waals surface area contributed by atoms with Crippen molar-refractivity contribution in [2.24, 2.45) is 0 Å². The number of carbonyl (C=O) groups excluding carboxylic acids is 1. The molecule has 3 N–H and O–H groups in total. The van der Waals surface area contributed by atoms with Gasteiger partial charge in [0, 0.05) is 9.75 Å². The van der Waals surface area contributed by atoms with Gasteiger partial charge in [0.1, 0.15) is 6.04 Å². The van der Waals surface area contributed by atoms with Gasteiger partial charge in [-0.05, 0) is 38.8 Å². The fraction of sp³-hybridized carbons (Fsp3) is 0.538. The number of urea groups is 1. The van der Waals surface area contributed by atoms with E-state index < -0.39 is 18.0 Å². The lowest BCUT2D eigenvalue weighted by atomic mass is 10.1. The largest absolute Gasteiger partial charge is 0.480 e. The highest BCUT2D eigenvalue weighted by molar-refractivity contribution is 7.12. The Morgan fingerprint density at radius 2 is 2.00 bits per heavy atom. The van der Waals surface area contributed by atoms with Gasteiger partial charge in [-0.15, -0.1) is 11.3 Å². The van der Waals surface area contributed by atoms with Crippen LogP contribution in [0.3, 0.4) is 0 Å². The maximum absolute atomic E-state index is 11.7. The number of amides is 2. The summed E-state index contributed by atoms with van der Waals surface area (Å²) >= 11 is 1.68. The number of carboxylic acid groups (broad SMARTS) is 1. The minimum Gasteiger partial charge on any atom is -0.480 e. The molecule has 0 aliphatic heterocycles. The molecule has 0 aliphatic carbocycles. The van der Waals surface area contributed by atoms with Crippen LogP contribution in [0.5, 0.6) is 0 Å². The number of thiophene rings is 1. The van der Waals surface area contributed by atoms with Crippen molar-refractivity contribution in [1.29, 1.82) is 0 Å². The van der Waals surface area contributed by atoms with Gasteiger partial charge < -0.3 is 15.7 Å². The van der Waals surface area contributed by atoms with Crippen molar-refractivity contribution in [3.63, 3.8) is 0 Å². The Balaban J connectivity index is 2.62. The summed E-state index contributed by atoms with van der Waals surface area (Å²) in [6.45, 7) is 7.63. The number of rotatable bonds is 5. The summed E-state index contributed by atoms with van der Waals surface area (Å²) in [5.41, 5.74) is 1.07. The maximum atomic E-state index is 11.7. The molecule has 0 saturated heterocycles. The topological polar surface area (TPSA) is 78.4 Å². The van der Waals surface area contributed by atoms with Crippen LogP contribution in [0.4, 0.5) is 4.79 Å². The quantitative estimate of drug-likeness (QED) is 0.777. The zero-order valence-corrected chi connectivity index (χ0v) is 12.4. The van der Waals surface area contributed by atoms with Crippen LogP contribution in [0.2, 0.25) is 0 Å². The van der Waals surface area contributed by atoms with Gasteiger partial charge in [-0.3, -0.25) is 0 Å². The smallest absolute Gasteiger partial charge is 0.326 e. The molecule has 1 rings (SSSR count). The molecule has 2 atom stereocenters. The van der Waals surface area contributed by atoms with Crippen molar-refractivity contribution in [3.8, 4) is 0 Å². The predicted molar refractivity (Wildman–Crippen MR) is 75.6 cm³/mol. The summed E-state index contributed by atoms with van der Waals surface area (Å²) in [6.07, 6.45) is 0.355. The van der Waals surface area contributed by atoms with Crippen LogP contribution in [-0.4, -0.2) is 23.1 Å². The summed E-state index contributed by atoms with van der Waals surface area (Å²) in [7, 11) is 0. The molecule has 2 amide bonds. The molecule has 0 radical (unpaired) electrons. The van der Waals surface area contributed by atoms with E-state index in [4.69, 9.17) is 5.11 Å². The fourth-order valence-corrected chi connectivity index (χ4v) is 2.92. The van der Waals surface area contributed by atoms with Crippen molar-refractivity contribution >= 4 is 23.3 Å². The molecule has 0 fully saturated rings. The molecular formula is C13H20N2O3S. The van der Waals surface area contributed by atoms with E-state index >= 15 is 0 Å². The Bertz CT molecular complexity index is 470. The number of hydrogen-bond donors (Lipinski definition) is 3. The third-order valence-electron chi connectivity index (χ3n) is 2.91. The fourth-order valence-electron chi connectivity index (χ4n) is 1.89. The lowest BCUT2D eigenvalue weighted by Crippen LogP contribution is -2.46. The molecule has 106 valence electrons. The standard InChI is InChI=1S/C13H20N2O3S/c1-5-11(12(16)17)15-13(18)14-8(3)10-6-7(2)19-9(10)4/h6,8,11H,5H2,1-4H3,(H,16,17)(H2,14,15,18). The van der Waals surface area contributed by atoms with E-state index in [0.29, 0.717) is 6.42 Å². The van der Waals surface area contributed by atoms with Gasteiger partial charge in [-0.1, -0.05) is 6.92 Å². The van der Waals surface area contributed by atoms with E-state index in [2.05, 4.69) is 10.6 Å². The van der Waals surface area contributed by atoms with Crippen molar-refractivity contribution in [2.45, 2.75) is 46.2 Å². The molecule has 19 heavy (non-hydrogen) atoms. The molecule has 1 aromatic rings. The second kappa shape index (κ2) is 6.56. The molecule has 5 nitrogen and oxygen atoms in total. The minimum atomic E-state index is -1.02. The van der Waals surface area contributed by atoms with Crippen LogP contribution in [0.1, 0.15) is 41.6 Å². The van der Waals surface area contributed by atoms with Crippen LogP contribution >= 0.6 is 11.3 Å². The van der Waals surface area contributed by atoms with E-state index in [-0.39, 0.29) is 6.04 Å². The number of aliphatic carboxylic acids is 1. The molecular weight excluding hydrogens is 264 g/mol. The number of nitrogens with one attached hydrogen (secondary N) is 2. The summed E-state index contributed by atoms with van der Waals surface area (Å²) in [5, 5.41) is 14.1. The summed E-state index contributed by atoms with van der Waals surface area (Å²) < 4.78 is 0. The number of hydrogen-bond acceptors (Lipinski definition) is 3. The van der Waals surface area contributed by atoms with E-state index in [1.165, 1.54) is 4.88 Å². The Kier molecular flexibility index (Phi) is 5.35. The average Bonchev–Trinajstić information content (AvgIpc) is 2.65. The van der Waals surface area contributed by atoms with Gasteiger partial charge in [0.2, 0.25) is 0 Å². The molecule has 0 bridgehead atoms. The molecule has 1 heterocycles. The van der Waals surface area contributed by atoms with Gasteiger partial charge >= 0.3 is 12.0 Å². The zero-order valence-electron chi connectivity index (χ0n) is 11.6. The van der Waals surface area contributed by atoms with Crippen LogP contribution in [0.25, 0.3) is 0 Å². The summed E-state index contributed by atoms with van der Waals surface area (Å²) in [5.74, 6) is -1.02. The first-order valence-electron chi connectivity index (χ1n) is 6.21. The Labute approximate surface area is 117 Å². The summed E-state index contributed by atoms with van der Waals surface area (Å²) in [4.78, 5) is 24.9. The Morgan fingerprint density at radius 3 is 2.42 bits per heavy atom. The van der Waals surface area contributed by atoms with Crippen molar-refractivity contribution in [1.82, 2.24) is 10.6 Å². The summed E-state index contributed by atoms with van der Waals surface area (Å²) in [6, 6.07) is 0.596. The monoisotopic (exact) mass is 284 g/mol. The number of carboxylic acids is 1. The van der Waals surface area contributed by atoms with E-state index in [9.17, 15) is 9.59 Å². The minimum absolute atomic E-state index is 0.142. The van der Waals surface area contributed by atoms with Crippen molar-refractivity contribution < 1.29 is 14.7 Å². The third-order valence-corrected chi connectivity index (χ3v) is 3.89. The van der Waals surface area contributed by atoms with Crippen LogP contribution in [0.15, 0.2) is 6.07 Å². The molecule has 6 heteroatoms. The lowest BCUT2D eigenvalue weighted by molar-refractivity contribution is -0.139. The molecule has 0 spiro atoms. The molecule has 0 saturated carbocycles. The first-order valence-corrected chi connectivity index (χ1v) is 7.03. The van der Waals surface area contributed by atoms with E-state index in [1.807, 2.05) is 26.8 Å². The molecule has 0 aromatic carbocycles. The van der Waals surface area contributed by atoms with Crippen LogP contribution in [0, 0.1) is 13.8 Å². The Morgan fingerprint density at radius 1 is 1.37 bits per heavy atom. The van der Waals surface area contributed by atoms with Gasteiger partial charge in [-0.25, -0.2) is 9.59 Å². The average molecular weight is 284 g/mol. The van der Waals surface area contributed by atoms with Crippen molar-refractivity contribution in [3.05, 3.63) is 21.4 Å². The van der Waals surface area contributed by atoms with Crippen molar-refractivity contribution in [2.75, 3.05) is 0 Å². The molecule has 1 aromatic heterocycles.